The Bertz CT molecular complexity index is 310. The maximum atomic E-state index is 12.5. The van der Waals surface area contributed by atoms with E-state index in [4.69, 9.17) is 0 Å². The fourth-order valence-electron chi connectivity index (χ4n) is 1.16. The van der Waals surface area contributed by atoms with Crippen LogP contribution in [0.5, 0.6) is 0 Å². The largest absolute Gasteiger partial charge is 0.342 e. The van der Waals surface area contributed by atoms with Crippen molar-refractivity contribution in [2.75, 3.05) is 13.6 Å². The molecule has 1 heterocycles. The molecule has 0 aromatic carbocycles. The lowest BCUT2D eigenvalue weighted by atomic mass is 10.2. The molecule has 0 bridgehead atoms. The first-order valence-corrected chi connectivity index (χ1v) is 4.52. The number of aromatic nitrogens is 1. The van der Waals surface area contributed by atoms with Gasteiger partial charge in [-0.25, -0.2) is 4.98 Å². The van der Waals surface area contributed by atoms with E-state index in [0.29, 0.717) is 12.1 Å². The van der Waals surface area contributed by atoms with Gasteiger partial charge in [-0.2, -0.15) is 4.39 Å². The molecule has 4 heteroatoms. The summed E-state index contributed by atoms with van der Waals surface area (Å²) in [6.07, 6.45) is 2.15. The van der Waals surface area contributed by atoms with Crippen molar-refractivity contribution in [3.05, 3.63) is 29.8 Å². The molecule has 1 amide bonds. The van der Waals surface area contributed by atoms with Gasteiger partial charge in [0.25, 0.3) is 5.91 Å². The molecule has 0 atom stereocenters. The molecule has 1 aromatic rings. The van der Waals surface area contributed by atoms with Crippen LogP contribution in [0.15, 0.2) is 18.3 Å². The van der Waals surface area contributed by atoms with Gasteiger partial charge in [0.05, 0.1) is 5.56 Å². The van der Waals surface area contributed by atoms with E-state index in [0.717, 1.165) is 6.42 Å². The highest BCUT2D eigenvalue weighted by atomic mass is 19.1. The molecule has 0 fully saturated rings. The standard InChI is InChI=1S/C10H13FN2O/c1-3-6-13(2)10(14)8-4-5-9(11)12-7-8/h4-5,7H,3,6H2,1-2H3. The number of carbonyl (C=O) groups excluding carboxylic acids is 1. The summed E-state index contributed by atoms with van der Waals surface area (Å²) in [7, 11) is 1.72. The lowest BCUT2D eigenvalue weighted by Crippen LogP contribution is -2.27. The fourth-order valence-corrected chi connectivity index (χ4v) is 1.16. The molecular weight excluding hydrogens is 183 g/mol. The average Bonchev–Trinajstić information content (AvgIpc) is 2.18. The maximum absolute atomic E-state index is 12.5. The van der Waals surface area contributed by atoms with Crippen molar-refractivity contribution in [2.45, 2.75) is 13.3 Å². The molecule has 0 radical (unpaired) electrons. The first-order valence-electron chi connectivity index (χ1n) is 4.52. The van der Waals surface area contributed by atoms with Crippen LogP contribution in [0, 0.1) is 5.95 Å². The number of hydrogen-bond donors (Lipinski definition) is 0. The Morgan fingerprint density at radius 3 is 2.79 bits per heavy atom. The minimum absolute atomic E-state index is 0.126. The lowest BCUT2D eigenvalue weighted by Gasteiger charge is -2.15. The van der Waals surface area contributed by atoms with Crippen molar-refractivity contribution in [1.82, 2.24) is 9.88 Å². The zero-order valence-corrected chi connectivity index (χ0v) is 8.33. The molecule has 0 saturated carbocycles. The summed E-state index contributed by atoms with van der Waals surface area (Å²) in [6.45, 7) is 2.68. The summed E-state index contributed by atoms with van der Waals surface area (Å²) in [5, 5.41) is 0. The lowest BCUT2D eigenvalue weighted by molar-refractivity contribution is 0.0794. The molecule has 3 nitrogen and oxygen atoms in total. The van der Waals surface area contributed by atoms with Gasteiger partial charge in [0.15, 0.2) is 0 Å². The van der Waals surface area contributed by atoms with Crippen molar-refractivity contribution in [1.29, 1.82) is 0 Å². The first kappa shape index (κ1) is 10.6. The van der Waals surface area contributed by atoms with Crippen LogP contribution in [-0.2, 0) is 0 Å². The minimum Gasteiger partial charge on any atom is -0.342 e. The Balaban J connectivity index is 2.74. The molecule has 0 unspecified atom stereocenters. The predicted molar refractivity (Wildman–Crippen MR) is 51.4 cm³/mol. The summed E-state index contributed by atoms with van der Waals surface area (Å²) >= 11 is 0. The zero-order valence-electron chi connectivity index (χ0n) is 8.33. The van der Waals surface area contributed by atoms with Crippen molar-refractivity contribution < 1.29 is 9.18 Å². The molecular formula is C10H13FN2O. The summed E-state index contributed by atoms with van der Waals surface area (Å²) in [5.41, 5.74) is 0.419. The predicted octanol–water partition coefficient (Wildman–Crippen LogP) is 1.70. The van der Waals surface area contributed by atoms with Crippen molar-refractivity contribution in [3.63, 3.8) is 0 Å². The Morgan fingerprint density at radius 1 is 1.57 bits per heavy atom. The summed E-state index contributed by atoms with van der Waals surface area (Å²) < 4.78 is 12.5. The Kier molecular flexibility index (Phi) is 3.56. The van der Waals surface area contributed by atoms with E-state index in [-0.39, 0.29) is 5.91 Å². The second-order valence-corrected chi connectivity index (χ2v) is 3.10. The Hall–Kier alpha value is -1.45. The number of rotatable bonds is 3. The molecule has 0 aliphatic carbocycles. The van der Waals surface area contributed by atoms with Gasteiger partial charge in [-0.05, 0) is 18.6 Å². The van der Waals surface area contributed by atoms with E-state index >= 15 is 0 Å². The molecule has 0 saturated heterocycles. The molecule has 1 aromatic heterocycles. The number of halogens is 1. The van der Waals surface area contributed by atoms with Gasteiger partial charge < -0.3 is 4.90 Å². The zero-order chi connectivity index (χ0) is 10.6. The number of nitrogens with zero attached hydrogens (tertiary/aromatic N) is 2. The smallest absolute Gasteiger partial charge is 0.255 e. The van der Waals surface area contributed by atoms with Gasteiger partial charge in [-0.3, -0.25) is 4.79 Å². The third kappa shape index (κ3) is 2.52. The van der Waals surface area contributed by atoms with Crippen LogP contribution in [-0.4, -0.2) is 29.4 Å². The van der Waals surface area contributed by atoms with Crippen LogP contribution < -0.4 is 0 Å². The van der Waals surface area contributed by atoms with Crippen LogP contribution in [0.4, 0.5) is 4.39 Å². The van der Waals surface area contributed by atoms with Gasteiger partial charge >= 0.3 is 0 Å². The van der Waals surface area contributed by atoms with E-state index in [1.165, 1.54) is 18.3 Å². The van der Waals surface area contributed by atoms with Crippen LogP contribution in [0.3, 0.4) is 0 Å². The van der Waals surface area contributed by atoms with E-state index in [1.54, 1.807) is 11.9 Å². The highest BCUT2D eigenvalue weighted by Crippen LogP contribution is 2.03. The summed E-state index contributed by atoms with van der Waals surface area (Å²) in [6, 6.07) is 2.63. The van der Waals surface area contributed by atoms with Gasteiger partial charge in [-0.1, -0.05) is 6.92 Å². The van der Waals surface area contributed by atoms with Gasteiger partial charge in [0.2, 0.25) is 5.95 Å². The quantitative estimate of drug-likeness (QED) is 0.689. The Labute approximate surface area is 82.6 Å². The molecule has 1 rings (SSSR count). The topological polar surface area (TPSA) is 33.2 Å². The summed E-state index contributed by atoms with van der Waals surface area (Å²) in [4.78, 5) is 16.6. The highest BCUT2D eigenvalue weighted by Gasteiger charge is 2.10. The molecule has 0 spiro atoms. The van der Waals surface area contributed by atoms with Crippen LogP contribution in [0.1, 0.15) is 23.7 Å². The van der Waals surface area contributed by atoms with Crippen molar-refractivity contribution in [3.8, 4) is 0 Å². The van der Waals surface area contributed by atoms with E-state index in [2.05, 4.69) is 4.98 Å². The Morgan fingerprint density at radius 2 is 2.29 bits per heavy atom. The number of amides is 1. The fraction of sp³-hybridized carbons (Fsp3) is 0.400. The number of pyridine rings is 1. The second kappa shape index (κ2) is 4.69. The minimum atomic E-state index is -0.570. The normalized spacial score (nSPS) is 9.93. The van der Waals surface area contributed by atoms with Gasteiger partial charge in [0, 0.05) is 19.8 Å². The van der Waals surface area contributed by atoms with Gasteiger partial charge in [-0.15, -0.1) is 0 Å². The van der Waals surface area contributed by atoms with E-state index < -0.39 is 5.95 Å². The van der Waals surface area contributed by atoms with E-state index in [9.17, 15) is 9.18 Å². The molecule has 76 valence electrons. The number of hydrogen-bond acceptors (Lipinski definition) is 2. The first-order chi connectivity index (χ1) is 6.65. The van der Waals surface area contributed by atoms with Crippen molar-refractivity contribution in [2.24, 2.45) is 0 Å². The van der Waals surface area contributed by atoms with Gasteiger partial charge in [0.1, 0.15) is 0 Å². The maximum Gasteiger partial charge on any atom is 0.255 e. The summed E-state index contributed by atoms with van der Waals surface area (Å²) in [5.74, 6) is -0.695. The number of carbonyl (C=O) groups is 1. The third-order valence-corrected chi connectivity index (χ3v) is 1.88. The van der Waals surface area contributed by atoms with Crippen LogP contribution in [0.25, 0.3) is 0 Å². The SMILES string of the molecule is CCCN(C)C(=O)c1ccc(F)nc1. The van der Waals surface area contributed by atoms with Crippen LogP contribution in [0.2, 0.25) is 0 Å². The molecule has 14 heavy (non-hydrogen) atoms. The van der Waals surface area contributed by atoms with Crippen molar-refractivity contribution >= 4 is 5.91 Å². The third-order valence-electron chi connectivity index (χ3n) is 1.88. The highest BCUT2D eigenvalue weighted by molar-refractivity contribution is 5.93. The monoisotopic (exact) mass is 196 g/mol. The molecule has 0 aliphatic heterocycles. The average molecular weight is 196 g/mol. The van der Waals surface area contributed by atoms with E-state index in [1.807, 2.05) is 6.92 Å². The molecule has 0 aliphatic rings. The second-order valence-electron chi connectivity index (χ2n) is 3.10. The molecule has 0 N–H and O–H groups in total. The van der Waals surface area contributed by atoms with Crippen LogP contribution >= 0.6 is 0 Å².